The van der Waals surface area contributed by atoms with Crippen molar-refractivity contribution in [3.63, 3.8) is 0 Å². The van der Waals surface area contributed by atoms with Gasteiger partial charge in [-0.15, -0.1) is 5.10 Å². The third-order valence-electron chi connectivity index (χ3n) is 4.45. The molecular weight excluding hydrogens is 344 g/mol. The van der Waals surface area contributed by atoms with Gasteiger partial charge in [-0.1, -0.05) is 66.7 Å². The molecule has 6 heteroatoms. The molecule has 0 radical (unpaired) electrons. The highest BCUT2D eigenvalue weighted by Crippen LogP contribution is 2.23. The number of hydrogen-bond acceptors (Lipinski definition) is 5. The van der Waals surface area contributed by atoms with Crippen LogP contribution in [0.5, 0.6) is 0 Å². The number of rotatable bonds is 3. The van der Waals surface area contributed by atoms with E-state index in [0.29, 0.717) is 10.9 Å². The zero-order valence-electron chi connectivity index (χ0n) is 14.8. The molecule has 0 fully saturated rings. The first-order valence-electron chi connectivity index (χ1n) is 8.70. The first-order chi connectivity index (χ1) is 12.7. The van der Waals surface area contributed by atoms with E-state index in [1.165, 1.54) is 22.9 Å². The zero-order chi connectivity index (χ0) is 18.1. The lowest BCUT2D eigenvalue weighted by Crippen LogP contribution is -2.52. The molecule has 2 heterocycles. The number of hydrazone groups is 1. The van der Waals surface area contributed by atoms with Crippen molar-refractivity contribution in [2.24, 2.45) is 10.1 Å². The maximum absolute atomic E-state index is 12.8. The fourth-order valence-electron chi connectivity index (χ4n) is 3.06. The summed E-state index contributed by atoms with van der Waals surface area (Å²) in [6.07, 6.45) is 0.630. The molecule has 1 amide bonds. The quantitative estimate of drug-likeness (QED) is 0.908. The van der Waals surface area contributed by atoms with Crippen LogP contribution >= 0.6 is 11.8 Å². The molecule has 4 rings (SSSR count). The summed E-state index contributed by atoms with van der Waals surface area (Å²) in [5.74, 6) is 0.639. The number of nitrogens with zero attached hydrogens (tertiary/aromatic N) is 3. The summed E-state index contributed by atoms with van der Waals surface area (Å²) in [5.41, 5.74) is 3.02. The lowest BCUT2D eigenvalue weighted by atomic mass is 10.1. The first kappa shape index (κ1) is 16.8. The summed E-state index contributed by atoms with van der Waals surface area (Å²) in [6, 6.07) is 16.1. The summed E-state index contributed by atoms with van der Waals surface area (Å²) < 4.78 is 0. The van der Waals surface area contributed by atoms with Crippen LogP contribution in [-0.4, -0.2) is 22.2 Å². The van der Waals surface area contributed by atoms with Crippen LogP contribution in [0.25, 0.3) is 5.70 Å². The molecule has 132 valence electrons. The topological polar surface area (TPSA) is 57.1 Å². The summed E-state index contributed by atoms with van der Waals surface area (Å²) in [6.45, 7) is 4.13. The van der Waals surface area contributed by atoms with Crippen LogP contribution in [0.3, 0.4) is 0 Å². The van der Waals surface area contributed by atoms with E-state index in [0.717, 1.165) is 22.7 Å². The van der Waals surface area contributed by atoms with Crippen molar-refractivity contribution in [2.45, 2.75) is 32.2 Å². The van der Waals surface area contributed by atoms with Crippen LogP contribution in [0.4, 0.5) is 0 Å². The summed E-state index contributed by atoms with van der Waals surface area (Å²) in [5, 5.41) is 11.7. The molecule has 1 N–H and O–H groups in total. The van der Waals surface area contributed by atoms with E-state index < -0.39 is 0 Å². The molecule has 2 aliphatic rings. The zero-order valence-corrected chi connectivity index (χ0v) is 15.6. The van der Waals surface area contributed by atoms with E-state index in [-0.39, 0.29) is 12.1 Å². The SMILES string of the molecule is CCC1N=c2ccccc2=C2C(=O)NC(SCc3ccc(C)cc3)=NN21. The van der Waals surface area contributed by atoms with Crippen LogP contribution in [-0.2, 0) is 10.5 Å². The molecule has 0 saturated heterocycles. The van der Waals surface area contributed by atoms with E-state index in [1.54, 1.807) is 5.01 Å². The van der Waals surface area contributed by atoms with Crippen molar-refractivity contribution in [2.75, 3.05) is 0 Å². The monoisotopic (exact) mass is 364 g/mol. The molecule has 0 aliphatic carbocycles. The molecule has 0 saturated carbocycles. The number of amides is 1. The second-order valence-electron chi connectivity index (χ2n) is 6.36. The van der Waals surface area contributed by atoms with Crippen LogP contribution in [0.2, 0.25) is 0 Å². The van der Waals surface area contributed by atoms with Gasteiger partial charge in [0.25, 0.3) is 5.91 Å². The van der Waals surface area contributed by atoms with Gasteiger partial charge in [0.1, 0.15) is 11.9 Å². The van der Waals surface area contributed by atoms with E-state index in [9.17, 15) is 4.79 Å². The first-order valence-corrected chi connectivity index (χ1v) is 9.69. The number of benzene rings is 2. The Hall–Kier alpha value is -2.60. The second-order valence-corrected chi connectivity index (χ2v) is 7.33. The Balaban J connectivity index is 1.65. The summed E-state index contributed by atoms with van der Waals surface area (Å²) in [4.78, 5) is 17.5. The third kappa shape index (κ3) is 3.12. The van der Waals surface area contributed by atoms with Gasteiger partial charge in [0.15, 0.2) is 5.17 Å². The van der Waals surface area contributed by atoms with Crippen LogP contribution in [0.1, 0.15) is 24.5 Å². The standard InChI is InChI=1S/C20H20N4OS/c1-3-17-21-16-7-5-4-6-15(16)18-19(25)22-20(23-24(17)18)26-12-14-10-8-13(2)9-11-14/h4-11,17H,3,12H2,1-2H3,(H,22,23,25). The highest BCUT2D eigenvalue weighted by atomic mass is 32.2. The third-order valence-corrected chi connectivity index (χ3v) is 5.39. The Labute approximate surface area is 156 Å². The van der Waals surface area contributed by atoms with Crippen molar-refractivity contribution in [3.8, 4) is 0 Å². The lowest BCUT2D eigenvalue weighted by Gasteiger charge is -2.33. The van der Waals surface area contributed by atoms with E-state index in [2.05, 4.69) is 48.5 Å². The number of fused-ring (bicyclic) bond motifs is 2. The van der Waals surface area contributed by atoms with Gasteiger partial charge in [0, 0.05) is 11.0 Å². The van der Waals surface area contributed by atoms with Crippen molar-refractivity contribution < 1.29 is 4.79 Å². The molecule has 1 atom stereocenters. The highest BCUT2D eigenvalue weighted by Gasteiger charge is 2.32. The average molecular weight is 364 g/mol. The minimum absolute atomic E-state index is 0.118. The minimum Gasteiger partial charge on any atom is -0.298 e. The fourth-order valence-corrected chi connectivity index (χ4v) is 3.87. The van der Waals surface area contributed by atoms with Crippen LogP contribution in [0.15, 0.2) is 58.6 Å². The molecule has 2 aromatic carbocycles. The number of thioether (sulfide) groups is 1. The Morgan fingerprint density at radius 2 is 1.92 bits per heavy atom. The maximum atomic E-state index is 12.8. The normalized spacial score (nSPS) is 18.5. The minimum atomic E-state index is -0.152. The summed E-state index contributed by atoms with van der Waals surface area (Å²) >= 11 is 1.53. The second kappa shape index (κ2) is 6.96. The van der Waals surface area contributed by atoms with Gasteiger partial charge in [-0.2, -0.15) is 0 Å². The smallest absolute Gasteiger partial charge is 0.276 e. The number of aryl methyl sites for hydroxylation is 1. The lowest BCUT2D eigenvalue weighted by molar-refractivity contribution is -0.116. The molecule has 0 spiro atoms. The largest absolute Gasteiger partial charge is 0.298 e. The fraction of sp³-hybridized carbons (Fsp3) is 0.250. The molecule has 2 aromatic rings. The molecule has 0 aromatic heterocycles. The molecule has 26 heavy (non-hydrogen) atoms. The van der Waals surface area contributed by atoms with Gasteiger partial charge in [0.2, 0.25) is 0 Å². The van der Waals surface area contributed by atoms with Gasteiger partial charge in [-0.05, 0) is 25.0 Å². The van der Waals surface area contributed by atoms with E-state index in [4.69, 9.17) is 4.99 Å². The van der Waals surface area contributed by atoms with Gasteiger partial charge in [-0.25, -0.2) is 5.01 Å². The van der Waals surface area contributed by atoms with Crippen LogP contribution in [0, 0.1) is 6.92 Å². The van der Waals surface area contributed by atoms with Crippen molar-refractivity contribution in [3.05, 3.63) is 70.2 Å². The molecule has 1 unspecified atom stereocenters. The molecule has 0 bridgehead atoms. The number of hydrogen-bond donors (Lipinski definition) is 1. The van der Waals surface area contributed by atoms with Crippen molar-refractivity contribution in [1.29, 1.82) is 0 Å². The highest BCUT2D eigenvalue weighted by molar-refractivity contribution is 8.13. The number of nitrogens with one attached hydrogen (secondary N) is 1. The van der Waals surface area contributed by atoms with Gasteiger partial charge < -0.3 is 0 Å². The van der Waals surface area contributed by atoms with Gasteiger partial charge >= 0.3 is 0 Å². The number of amidine groups is 1. The predicted octanol–water partition coefficient (Wildman–Crippen LogP) is 2.11. The Morgan fingerprint density at radius 3 is 2.69 bits per heavy atom. The Morgan fingerprint density at radius 1 is 1.15 bits per heavy atom. The van der Waals surface area contributed by atoms with E-state index >= 15 is 0 Å². The van der Waals surface area contributed by atoms with Crippen molar-refractivity contribution in [1.82, 2.24) is 10.3 Å². The predicted molar refractivity (Wildman–Crippen MR) is 105 cm³/mol. The van der Waals surface area contributed by atoms with Crippen LogP contribution < -0.4 is 15.9 Å². The average Bonchev–Trinajstić information content (AvgIpc) is 2.66. The molecule has 2 aliphatic heterocycles. The van der Waals surface area contributed by atoms with Crippen molar-refractivity contribution >= 4 is 28.5 Å². The number of carbonyl (C=O) groups excluding carboxylic acids is 1. The molecule has 5 nitrogen and oxygen atoms in total. The Kier molecular flexibility index (Phi) is 4.51. The molecular formula is C20H20N4OS. The number of para-hydroxylation sites is 1. The number of carbonyl (C=O) groups is 1. The van der Waals surface area contributed by atoms with E-state index in [1.807, 2.05) is 24.3 Å². The Bertz CT molecular complexity index is 997. The van der Waals surface area contributed by atoms with Gasteiger partial charge in [0.05, 0.1) is 5.36 Å². The summed E-state index contributed by atoms with van der Waals surface area (Å²) in [7, 11) is 0. The maximum Gasteiger partial charge on any atom is 0.276 e. The van der Waals surface area contributed by atoms with Gasteiger partial charge in [-0.3, -0.25) is 15.1 Å².